The molecule has 0 fully saturated rings. The second-order valence-electron chi connectivity index (χ2n) is 5.74. The molecule has 3 rings (SSSR count). The number of para-hydroxylation sites is 2. The normalized spacial score (nSPS) is 11.1. The van der Waals surface area contributed by atoms with Crippen LogP contribution in [0.2, 0.25) is 0 Å². The van der Waals surface area contributed by atoms with Gasteiger partial charge in [0.15, 0.2) is 0 Å². The van der Waals surface area contributed by atoms with Gasteiger partial charge in [-0.15, -0.1) is 0 Å². The molecule has 3 aromatic carbocycles. The fraction of sp³-hybridized carbons (Fsp3) is 0.100. The van der Waals surface area contributed by atoms with Gasteiger partial charge in [-0.05, 0) is 42.0 Å². The molecule has 0 saturated heterocycles. The third-order valence-electron chi connectivity index (χ3n) is 3.99. The van der Waals surface area contributed by atoms with Gasteiger partial charge in [0.05, 0.1) is 24.2 Å². The molecule has 5 nitrogen and oxygen atoms in total. The maximum absolute atomic E-state index is 13.3. The predicted molar refractivity (Wildman–Crippen MR) is 104 cm³/mol. The monoisotopic (exact) mass is 368 g/mol. The minimum Gasteiger partial charge on any atom is -0.495 e. The third-order valence-corrected chi connectivity index (χ3v) is 5.76. The van der Waals surface area contributed by atoms with Crippen molar-refractivity contribution >= 4 is 21.4 Å². The second-order valence-corrected chi connectivity index (χ2v) is 7.60. The Morgan fingerprint density at radius 1 is 0.885 bits per heavy atom. The summed E-state index contributed by atoms with van der Waals surface area (Å²) >= 11 is 0. The molecular formula is C20H20N2O3S. The van der Waals surface area contributed by atoms with Gasteiger partial charge in [-0.2, -0.15) is 0 Å². The molecule has 0 bridgehead atoms. The van der Waals surface area contributed by atoms with Crippen molar-refractivity contribution in [2.75, 3.05) is 17.1 Å². The molecule has 0 aliphatic carbocycles. The summed E-state index contributed by atoms with van der Waals surface area (Å²) in [5.41, 5.74) is 7.56. The SMILES string of the molecule is COc1ccccc1N(Cc1ccccc1)S(=O)(=O)c1ccc(N)cc1. The van der Waals surface area contributed by atoms with E-state index in [9.17, 15) is 8.42 Å². The molecule has 0 radical (unpaired) electrons. The summed E-state index contributed by atoms with van der Waals surface area (Å²) in [6, 6.07) is 22.7. The van der Waals surface area contributed by atoms with Gasteiger partial charge in [-0.1, -0.05) is 42.5 Å². The van der Waals surface area contributed by atoms with Crippen LogP contribution in [0.25, 0.3) is 0 Å². The number of hydrogen-bond acceptors (Lipinski definition) is 4. The van der Waals surface area contributed by atoms with Crippen LogP contribution in [-0.4, -0.2) is 15.5 Å². The summed E-state index contributed by atoms with van der Waals surface area (Å²) < 4.78 is 33.4. The van der Waals surface area contributed by atoms with Crippen LogP contribution in [-0.2, 0) is 16.6 Å². The van der Waals surface area contributed by atoms with Crippen LogP contribution in [0.5, 0.6) is 5.75 Å². The van der Waals surface area contributed by atoms with E-state index in [4.69, 9.17) is 10.5 Å². The highest BCUT2D eigenvalue weighted by molar-refractivity contribution is 7.92. The minimum absolute atomic E-state index is 0.175. The van der Waals surface area contributed by atoms with Gasteiger partial charge in [0.2, 0.25) is 0 Å². The van der Waals surface area contributed by atoms with E-state index in [2.05, 4.69) is 0 Å². The summed E-state index contributed by atoms with van der Waals surface area (Å²) in [7, 11) is -2.28. The molecule has 0 atom stereocenters. The van der Waals surface area contributed by atoms with Crippen LogP contribution in [0.1, 0.15) is 5.56 Å². The van der Waals surface area contributed by atoms with Crippen LogP contribution in [0, 0.1) is 0 Å². The summed E-state index contributed by atoms with van der Waals surface area (Å²) in [5.74, 6) is 0.488. The van der Waals surface area contributed by atoms with E-state index in [-0.39, 0.29) is 11.4 Å². The zero-order chi connectivity index (χ0) is 18.6. The van der Waals surface area contributed by atoms with Crippen molar-refractivity contribution < 1.29 is 13.2 Å². The van der Waals surface area contributed by atoms with Gasteiger partial charge in [-0.25, -0.2) is 8.42 Å². The Morgan fingerprint density at radius 3 is 2.15 bits per heavy atom. The van der Waals surface area contributed by atoms with E-state index >= 15 is 0 Å². The Hall–Kier alpha value is -2.99. The zero-order valence-electron chi connectivity index (χ0n) is 14.4. The number of hydrogen-bond donors (Lipinski definition) is 1. The molecule has 0 unspecified atom stereocenters. The van der Waals surface area contributed by atoms with Gasteiger partial charge in [0, 0.05) is 5.69 Å². The van der Waals surface area contributed by atoms with Gasteiger partial charge in [0.25, 0.3) is 10.0 Å². The van der Waals surface area contributed by atoms with E-state index in [1.807, 2.05) is 30.3 Å². The lowest BCUT2D eigenvalue weighted by Gasteiger charge is -2.26. The number of sulfonamides is 1. The van der Waals surface area contributed by atoms with Crippen molar-refractivity contribution in [2.24, 2.45) is 0 Å². The maximum atomic E-state index is 13.3. The molecule has 6 heteroatoms. The van der Waals surface area contributed by atoms with E-state index in [1.165, 1.54) is 23.5 Å². The van der Waals surface area contributed by atoms with Crippen LogP contribution < -0.4 is 14.8 Å². The number of benzene rings is 3. The van der Waals surface area contributed by atoms with Crippen LogP contribution >= 0.6 is 0 Å². The van der Waals surface area contributed by atoms with E-state index in [1.54, 1.807) is 36.4 Å². The average molecular weight is 368 g/mol. The first-order valence-corrected chi connectivity index (χ1v) is 9.51. The Kier molecular flexibility index (Phi) is 5.14. The molecule has 0 heterocycles. The van der Waals surface area contributed by atoms with Crippen molar-refractivity contribution in [1.29, 1.82) is 0 Å². The highest BCUT2D eigenvalue weighted by Gasteiger charge is 2.27. The molecular weight excluding hydrogens is 348 g/mol. The molecule has 0 aliphatic heterocycles. The van der Waals surface area contributed by atoms with Crippen LogP contribution in [0.15, 0.2) is 83.8 Å². The fourth-order valence-electron chi connectivity index (χ4n) is 2.65. The Balaban J connectivity index is 2.12. The van der Waals surface area contributed by atoms with Gasteiger partial charge < -0.3 is 10.5 Å². The van der Waals surface area contributed by atoms with Crippen LogP contribution in [0.4, 0.5) is 11.4 Å². The van der Waals surface area contributed by atoms with Crippen molar-refractivity contribution in [3.8, 4) is 5.75 Å². The predicted octanol–water partition coefficient (Wildman–Crippen LogP) is 3.67. The first kappa shape index (κ1) is 17.8. The van der Waals surface area contributed by atoms with Crippen molar-refractivity contribution in [2.45, 2.75) is 11.4 Å². The van der Waals surface area contributed by atoms with E-state index in [0.29, 0.717) is 17.1 Å². The summed E-state index contributed by atoms with van der Waals surface area (Å²) in [5, 5.41) is 0. The molecule has 0 aromatic heterocycles. The molecule has 0 aliphatic rings. The van der Waals surface area contributed by atoms with E-state index in [0.717, 1.165) is 5.56 Å². The number of anilines is 2. The van der Waals surface area contributed by atoms with Gasteiger partial charge in [-0.3, -0.25) is 4.31 Å². The Morgan fingerprint density at radius 2 is 1.50 bits per heavy atom. The van der Waals surface area contributed by atoms with E-state index < -0.39 is 10.0 Å². The highest BCUT2D eigenvalue weighted by Crippen LogP contribution is 2.33. The lowest BCUT2D eigenvalue weighted by Crippen LogP contribution is -2.31. The first-order valence-electron chi connectivity index (χ1n) is 8.07. The van der Waals surface area contributed by atoms with Gasteiger partial charge >= 0.3 is 0 Å². The Bertz CT molecular complexity index is 971. The molecule has 0 amide bonds. The van der Waals surface area contributed by atoms with Crippen molar-refractivity contribution in [1.82, 2.24) is 0 Å². The number of ether oxygens (including phenoxy) is 1. The molecule has 26 heavy (non-hydrogen) atoms. The molecule has 134 valence electrons. The number of rotatable bonds is 6. The first-order chi connectivity index (χ1) is 12.5. The van der Waals surface area contributed by atoms with Gasteiger partial charge in [0.1, 0.15) is 5.75 Å². The lowest BCUT2D eigenvalue weighted by atomic mass is 10.2. The number of methoxy groups -OCH3 is 1. The zero-order valence-corrected chi connectivity index (χ0v) is 15.2. The molecule has 0 spiro atoms. The molecule has 0 saturated carbocycles. The molecule has 2 N–H and O–H groups in total. The Labute approximate surface area is 153 Å². The number of nitrogens with two attached hydrogens (primary N) is 1. The minimum atomic E-state index is -3.80. The number of nitrogens with zero attached hydrogens (tertiary/aromatic N) is 1. The standard InChI is InChI=1S/C20H20N2O3S/c1-25-20-10-6-5-9-19(20)22(15-16-7-3-2-4-8-16)26(23,24)18-13-11-17(21)12-14-18/h2-14H,15,21H2,1H3. The lowest BCUT2D eigenvalue weighted by molar-refractivity contribution is 0.415. The topological polar surface area (TPSA) is 72.6 Å². The number of nitrogen functional groups attached to an aromatic ring is 1. The third kappa shape index (κ3) is 3.65. The van der Waals surface area contributed by atoms with Crippen molar-refractivity contribution in [3.63, 3.8) is 0 Å². The summed E-state index contributed by atoms with van der Waals surface area (Å²) in [6.07, 6.45) is 0. The fourth-order valence-corrected chi connectivity index (χ4v) is 4.12. The second kappa shape index (κ2) is 7.49. The summed E-state index contributed by atoms with van der Waals surface area (Å²) in [4.78, 5) is 0.175. The molecule has 3 aromatic rings. The smallest absolute Gasteiger partial charge is 0.264 e. The largest absolute Gasteiger partial charge is 0.495 e. The average Bonchev–Trinajstić information content (AvgIpc) is 2.67. The maximum Gasteiger partial charge on any atom is 0.264 e. The quantitative estimate of drug-likeness (QED) is 0.674. The highest BCUT2D eigenvalue weighted by atomic mass is 32.2. The van der Waals surface area contributed by atoms with Crippen molar-refractivity contribution in [3.05, 3.63) is 84.4 Å². The summed E-state index contributed by atoms with van der Waals surface area (Å²) in [6.45, 7) is 0.188. The van der Waals surface area contributed by atoms with Crippen LogP contribution in [0.3, 0.4) is 0 Å².